The Labute approximate surface area is 123 Å². The number of fused-ring (bicyclic) bond motifs is 1. The number of aryl methyl sites for hydroxylation is 1. The van der Waals surface area contributed by atoms with Crippen LogP contribution in [0, 0.1) is 17.0 Å². The lowest BCUT2D eigenvalue weighted by molar-refractivity contribution is 0.247. The topological polar surface area (TPSA) is 26.0 Å². The van der Waals surface area contributed by atoms with E-state index in [0.29, 0.717) is 13.0 Å². The first-order chi connectivity index (χ1) is 10.1. The van der Waals surface area contributed by atoms with Gasteiger partial charge in [-0.3, -0.25) is 0 Å². The third-order valence-electron chi connectivity index (χ3n) is 4.65. The fraction of sp³-hybridized carbons (Fsp3) is 0.333. The zero-order chi connectivity index (χ0) is 14.9. The first-order valence-corrected chi connectivity index (χ1v) is 7.33. The quantitative estimate of drug-likeness (QED) is 0.916. The largest absolute Gasteiger partial charge is 0.330 e. The van der Waals surface area contributed by atoms with Crippen LogP contribution >= 0.6 is 0 Å². The van der Waals surface area contributed by atoms with E-state index in [1.165, 1.54) is 29.3 Å². The van der Waals surface area contributed by atoms with Crippen molar-refractivity contribution in [1.82, 2.24) is 0 Å². The van der Waals surface area contributed by atoms with Gasteiger partial charge in [-0.1, -0.05) is 30.3 Å². The highest BCUT2D eigenvalue weighted by atomic mass is 19.1. The lowest BCUT2D eigenvalue weighted by Crippen LogP contribution is -2.38. The summed E-state index contributed by atoms with van der Waals surface area (Å²) in [6, 6.07) is 12.3. The molecule has 1 nitrogen and oxygen atoms in total. The predicted octanol–water partition coefficient (Wildman–Crippen LogP) is 3.64. The highest BCUT2D eigenvalue weighted by Gasteiger charge is 2.34. The minimum absolute atomic E-state index is 0.169. The molecule has 2 aromatic carbocycles. The van der Waals surface area contributed by atoms with Gasteiger partial charge in [-0.15, -0.1) is 0 Å². The average molecular weight is 287 g/mol. The van der Waals surface area contributed by atoms with Gasteiger partial charge in [0.25, 0.3) is 0 Å². The molecule has 0 saturated carbocycles. The van der Waals surface area contributed by atoms with Gasteiger partial charge in [0.05, 0.1) is 0 Å². The molecule has 0 bridgehead atoms. The van der Waals surface area contributed by atoms with Gasteiger partial charge in [0.1, 0.15) is 11.6 Å². The van der Waals surface area contributed by atoms with Crippen LogP contribution in [0.4, 0.5) is 8.78 Å². The van der Waals surface area contributed by atoms with Gasteiger partial charge in [0.15, 0.2) is 0 Å². The maximum atomic E-state index is 13.9. The van der Waals surface area contributed by atoms with Gasteiger partial charge in [-0.05, 0) is 60.9 Å². The van der Waals surface area contributed by atoms with Crippen LogP contribution in [0.1, 0.15) is 23.1 Å². The zero-order valence-electron chi connectivity index (χ0n) is 11.9. The minimum Gasteiger partial charge on any atom is -0.330 e. The fourth-order valence-corrected chi connectivity index (χ4v) is 3.34. The first-order valence-electron chi connectivity index (χ1n) is 7.33. The Bertz CT molecular complexity index is 633. The van der Waals surface area contributed by atoms with Crippen molar-refractivity contribution in [1.29, 1.82) is 0 Å². The molecule has 1 atom stereocenters. The van der Waals surface area contributed by atoms with E-state index in [-0.39, 0.29) is 11.0 Å². The summed E-state index contributed by atoms with van der Waals surface area (Å²) in [5.74, 6) is -0.941. The second kappa shape index (κ2) is 5.57. The normalized spacial score (nSPS) is 21.1. The maximum Gasteiger partial charge on any atom is 0.129 e. The zero-order valence-corrected chi connectivity index (χ0v) is 11.9. The van der Waals surface area contributed by atoms with Crippen LogP contribution in [0.2, 0.25) is 0 Å². The number of rotatable bonds is 3. The summed E-state index contributed by atoms with van der Waals surface area (Å²) in [6.45, 7) is 0.440. The summed E-state index contributed by atoms with van der Waals surface area (Å²) in [5, 5.41) is 0. The van der Waals surface area contributed by atoms with Crippen molar-refractivity contribution in [2.24, 2.45) is 11.1 Å². The van der Waals surface area contributed by atoms with E-state index in [1.54, 1.807) is 0 Å². The first kappa shape index (κ1) is 14.2. The summed E-state index contributed by atoms with van der Waals surface area (Å²) in [5.41, 5.74) is 8.50. The highest BCUT2D eigenvalue weighted by Crippen LogP contribution is 2.38. The lowest BCUT2D eigenvalue weighted by Gasteiger charge is -2.37. The van der Waals surface area contributed by atoms with E-state index < -0.39 is 11.6 Å². The molecule has 0 aliphatic heterocycles. The van der Waals surface area contributed by atoms with Crippen molar-refractivity contribution in [2.75, 3.05) is 6.54 Å². The molecule has 21 heavy (non-hydrogen) atoms. The van der Waals surface area contributed by atoms with Crippen LogP contribution in [-0.4, -0.2) is 6.54 Å². The van der Waals surface area contributed by atoms with E-state index >= 15 is 0 Å². The molecule has 0 radical (unpaired) electrons. The van der Waals surface area contributed by atoms with Crippen LogP contribution in [0.25, 0.3) is 0 Å². The molecule has 3 heteroatoms. The Hall–Kier alpha value is -1.74. The molecule has 0 saturated heterocycles. The van der Waals surface area contributed by atoms with E-state index in [2.05, 4.69) is 12.1 Å². The number of benzene rings is 2. The molecule has 0 heterocycles. The van der Waals surface area contributed by atoms with Crippen LogP contribution in [0.3, 0.4) is 0 Å². The van der Waals surface area contributed by atoms with Crippen LogP contribution < -0.4 is 5.73 Å². The third kappa shape index (κ3) is 2.70. The van der Waals surface area contributed by atoms with Gasteiger partial charge in [0.2, 0.25) is 0 Å². The Morgan fingerprint density at radius 3 is 2.29 bits per heavy atom. The Balaban J connectivity index is 1.93. The number of halogens is 2. The summed E-state index contributed by atoms with van der Waals surface area (Å²) in [7, 11) is 0. The Kier molecular flexibility index (Phi) is 3.77. The van der Waals surface area contributed by atoms with Gasteiger partial charge < -0.3 is 5.73 Å². The molecule has 0 aromatic heterocycles. The molecular weight excluding hydrogens is 268 g/mol. The number of hydrogen-bond donors (Lipinski definition) is 1. The van der Waals surface area contributed by atoms with Crippen molar-refractivity contribution in [3.05, 3.63) is 70.8 Å². The molecule has 110 valence electrons. The Morgan fingerprint density at radius 2 is 1.62 bits per heavy atom. The van der Waals surface area contributed by atoms with Crippen molar-refractivity contribution in [2.45, 2.75) is 25.7 Å². The van der Waals surface area contributed by atoms with Crippen LogP contribution in [-0.2, 0) is 19.3 Å². The molecule has 1 aliphatic rings. The van der Waals surface area contributed by atoms with E-state index in [1.807, 2.05) is 12.1 Å². The summed E-state index contributed by atoms with van der Waals surface area (Å²) in [6.07, 6.45) is 2.93. The van der Waals surface area contributed by atoms with Crippen molar-refractivity contribution in [3.63, 3.8) is 0 Å². The fourth-order valence-electron chi connectivity index (χ4n) is 3.34. The van der Waals surface area contributed by atoms with Crippen molar-refractivity contribution < 1.29 is 8.78 Å². The average Bonchev–Trinajstić information content (AvgIpc) is 2.51. The Morgan fingerprint density at radius 1 is 0.952 bits per heavy atom. The summed E-state index contributed by atoms with van der Waals surface area (Å²) < 4.78 is 27.9. The predicted molar refractivity (Wildman–Crippen MR) is 80.0 cm³/mol. The molecular formula is C18H19F2N. The summed E-state index contributed by atoms with van der Waals surface area (Å²) in [4.78, 5) is 0. The molecule has 0 spiro atoms. The second-order valence-electron chi connectivity index (χ2n) is 6.03. The van der Waals surface area contributed by atoms with E-state index in [0.717, 1.165) is 19.3 Å². The molecule has 3 rings (SSSR count). The van der Waals surface area contributed by atoms with Gasteiger partial charge in [0, 0.05) is 5.56 Å². The molecule has 2 N–H and O–H groups in total. The third-order valence-corrected chi connectivity index (χ3v) is 4.65. The summed E-state index contributed by atoms with van der Waals surface area (Å²) >= 11 is 0. The second-order valence-corrected chi connectivity index (χ2v) is 6.03. The van der Waals surface area contributed by atoms with Gasteiger partial charge in [-0.2, -0.15) is 0 Å². The van der Waals surface area contributed by atoms with Crippen LogP contribution in [0.5, 0.6) is 0 Å². The highest BCUT2D eigenvalue weighted by molar-refractivity contribution is 5.32. The van der Waals surface area contributed by atoms with Crippen molar-refractivity contribution >= 4 is 0 Å². The molecule has 1 aliphatic carbocycles. The molecule has 1 unspecified atom stereocenters. The van der Waals surface area contributed by atoms with Gasteiger partial charge in [-0.25, -0.2) is 8.78 Å². The van der Waals surface area contributed by atoms with Gasteiger partial charge >= 0.3 is 0 Å². The lowest BCUT2D eigenvalue weighted by atomic mass is 9.68. The van der Waals surface area contributed by atoms with E-state index in [9.17, 15) is 8.78 Å². The smallest absolute Gasteiger partial charge is 0.129 e. The van der Waals surface area contributed by atoms with Crippen molar-refractivity contribution in [3.8, 4) is 0 Å². The number of hydrogen-bond acceptors (Lipinski definition) is 1. The SMILES string of the molecule is NCC1(Cc2c(F)cccc2F)CCc2ccccc2C1. The molecule has 0 fully saturated rings. The van der Waals surface area contributed by atoms with E-state index in [4.69, 9.17) is 5.73 Å². The van der Waals surface area contributed by atoms with Crippen LogP contribution in [0.15, 0.2) is 42.5 Å². The molecule has 0 amide bonds. The monoisotopic (exact) mass is 287 g/mol. The number of nitrogens with two attached hydrogens (primary N) is 1. The molecule has 2 aromatic rings. The minimum atomic E-state index is -0.471. The standard InChI is InChI=1S/C18H19F2N/c19-16-6-3-7-17(20)15(16)11-18(12-21)9-8-13-4-1-2-5-14(13)10-18/h1-7H,8-12,21H2. The maximum absolute atomic E-state index is 13.9.